The molecule has 4 N–H and O–H groups in total. The summed E-state index contributed by atoms with van der Waals surface area (Å²) in [6, 6.07) is 18.7. The number of nitrogens with two attached hydrogens (primary N) is 2. The molecule has 94 valence electrons. The van der Waals surface area contributed by atoms with Crippen LogP contribution >= 0.6 is 0 Å². The molecule has 2 atom stereocenters. The van der Waals surface area contributed by atoms with E-state index in [1.807, 2.05) is 60.7 Å². The average Bonchev–Trinajstić information content (AvgIpc) is 2.47. The molecule has 0 heterocycles. The Morgan fingerprint density at radius 3 is 1.39 bits per heavy atom. The topological polar surface area (TPSA) is 69.1 Å². The van der Waals surface area contributed by atoms with E-state index in [-0.39, 0.29) is 0 Å². The summed E-state index contributed by atoms with van der Waals surface area (Å²) in [4.78, 5) is 0. The van der Waals surface area contributed by atoms with Gasteiger partial charge in [-0.3, -0.25) is 4.21 Å². The Morgan fingerprint density at radius 1 is 0.722 bits per heavy atom. The van der Waals surface area contributed by atoms with Crippen molar-refractivity contribution in [3.05, 3.63) is 71.8 Å². The molecule has 0 aromatic heterocycles. The second-order valence-corrected chi connectivity index (χ2v) is 5.66. The molecule has 0 saturated heterocycles. The maximum atomic E-state index is 12.3. The Morgan fingerprint density at radius 2 is 1.06 bits per heavy atom. The van der Waals surface area contributed by atoms with Crippen molar-refractivity contribution in [1.29, 1.82) is 0 Å². The third kappa shape index (κ3) is 2.85. The lowest BCUT2D eigenvalue weighted by molar-refractivity contribution is 0.663. The molecule has 4 heteroatoms. The summed E-state index contributed by atoms with van der Waals surface area (Å²) in [6.07, 6.45) is 0. The summed E-state index contributed by atoms with van der Waals surface area (Å²) in [5.41, 5.74) is 13.7. The molecule has 2 unspecified atom stereocenters. The fourth-order valence-corrected chi connectivity index (χ4v) is 2.88. The van der Waals surface area contributed by atoms with Gasteiger partial charge in [0.15, 0.2) is 0 Å². The molecule has 0 spiro atoms. The molecular weight excluding hydrogens is 244 g/mol. The van der Waals surface area contributed by atoms with E-state index < -0.39 is 21.5 Å². The van der Waals surface area contributed by atoms with Gasteiger partial charge in [0.05, 0.1) is 10.8 Å². The molecule has 0 amide bonds. The van der Waals surface area contributed by atoms with Crippen LogP contribution in [-0.2, 0) is 10.8 Å². The maximum Gasteiger partial charge on any atom is 0.109 e. The average molecular weight is 260 g/mol. The standard InChI is InChI=1S/C14H16N2OS/c15-13(11-7-3-1-4-8-11)18(17)14(16)12-9-5-2-6-10-12/h1-10,13-14H,15-16H2. The van der Waals surface area contributed by atoms with E-state index in [0.717, 1.165) is 11.1 Å². The summed E-state index contributed by atoms with van der Waals surface area (Å²) >= 11 is 0. The number of benzene rings is 2. The van der Waals surface area contributed by atoms with Crippen LogP contribution in [0.2, 0.25) is 0 Å². The van der Waals surface area contributed by atoms with Crippen LogP contribution < -0.4 is 11.5 Å². The molecule has 3 nitrogen and oxygen atoms in total. The van der Waals surface area contributed by atoms with Crippen LogP contribution in [0.3, 0.4) is 0 Å². The molecular formula is C14H16N2OS. The van der Waals surface area contributed by atoms with Gasteiger partial charge in [-0.05, 0) is 11.1 Å². The van der Waals surface area contributed by atoms with E-state index in [1.54, 1.807) is 0 Å². The van der Waals surface area contributed by atoms with Gasteiger partial charge in [-0.15, -0.1) is 0 Å². The van der Waals surface area contributed by atoms with Crippen LogP contribution in [0.1, 0.15) is 21.9 Å². The monoisotopic (exact) mass is 260 g/mol. The molecule has 0 aliphatic rings. The van der Waals surface area contributed by atoms with Crippen LogP contribution in [-0.4, -0.2) is 4.21 Å². The highest BCUT2D eigenvalue weighted by Crippen LogP contribution is 2.23. The zero-order valence-corrected chi connectivity index (χ0v) is 10.7. The first-order chi connectivity index (χ1) is 8.70. The highest BCUT2D eigenvalue weighted by Gasteiger charge is 2.21. The zero-order valence-electron chi connectivity index (χ0n) is 9.90. The number of rotatable bonds is 4. The number of hydrogen-bond acceptors (Lipinski definition) is 3. The molecule has 0 bridgehead atoms. The highest BCUT2D eigenvalue weighted by molar-refractivity contribution is 7.85. The van der Waals surface area contributed by atoms with Crippen LogP contribution in [0.5, 0.6) is 0 Å². The lowest BCUT2D eigenvalue weighted by Crippen LogP contribution is -2.26. The summed E-state index contributed by atoms with van der Waals surface area (Å²) in [5, 5.41) is -1.14. The lowest BCUT2D eigenvalue weighted by atomic mass is 10.2. The highest BCUT2D eigenvalue weighted by atomic mass is 32.2. The molecule has 0 saturated carbocycles. The van der Waals surface area contributed by atoms with Gasteiger partial charge in [-0.2, -0.15) is 0 Å². The molecule has 2 rings (SSSR count). The molecule has 0 radical (unpaired) electrons. The minimum atomic E-state index is -1.36. The second kappa shape index (κ2) is 5.91. The van der Waals surface area contributed by atoms with Gasteiger partial charge in [0.2, 0.25) is 0 Å². The van der Waals surface area contributed by atoms with Gasteiger partial charge in [0.1, 0.15) is 10.7 Å². The minimum absolute atomic E-state index is 0.568. The lowest BCUT2D eigenvalue weighted by Gasteiger charge is -2.17. The van der Waals surface area contributed by atoms with Crippen LogP contribution in [0.15, 0.2) is 60.7 Å². The molecule has 2 aromatic rings. The quantitative estimate of drug-likeness (QED) is 0.884. The zero-order chi connectivity index (χ0) is 13.0. The van der Waals surface area contributed by atoms with Crippen LogP contribution in [0.4, 0.5) is 0 Å². The van der Waals surface area contributed by atoms with Crippen LogP contribution in [0.25, 0.3) is 0 Å². The van der Waals surface area contributed by atoms with Crippen LogP contribution in [0, 0.1) is 0 Å². The fraction of sp³-hybridized carbons (Fsp3) is 0.143. The third-order valence-corrected chi connectivity index (χ3v) is 4.30. The minimum Gasteiger partial charge on any atom is -0.313 e. The Balaban J connectivity index is 2.17. The van der Waals surface area contributed by atoms with Crippen molar-refractivity contribution in [1.82, 2.24) is 0 Å². The van der Waals surface area contributed by atoms with Crippen molar-refractivity contribution in [2.45, 2.75) is 10.7 Å². The fourth-order valence-electron chi connectivity index (χ4n) is 1.71. The first-order valence-corrected chi connectivity index (χ1v) is 6.98. The molecule has 2 aromatic carbocycles. The smallest absolute Gasteiger partial charge is 0.109 e. The number of hydrogen-bond donors (Lipinski definition) is 2. The van der Waals surface area contributed by atoms with Gasteiger partial charge in [-0.1, -0.05) is 60.7 Å². The normalized spacial score (nSPS) is 15.9. The summed E-state index contributed by atoms with van der Waals surface area (Å²) in [6.45, 7) is 0. The Labute approximate surface area is 109 Å². The van der Waals surface area contributed by atoms with Gasteiger partial charge in [0, 0.05) is 0 Å². The van der Waals surface area contributed by atoms with Gasteiger partial charge in [0.25, 0.3) is 0 Å². The molecule has 0 aliphatic heterocycles. The SMILES string of the molecule is NC(c1ccccc1)S(=O)C(N)c1ccccc1. The van der Waals surface area contributed by atoms with E-state index in [1.165, 1.54) is 0 Å². The predicted octanol–water partition coefficient (Wildman–Crippen LogP) is 2.05. The van der Waals surface area contributed by atoms with E-state index in [0.29, 0.717) is 0 Å². The Hall–Kier alpha value is -1.49. The van der Waals surface area contributed by atoms with Crippen molar-refractivity contribution in [2.24, 2.45) is 11.5 Å². The maximum absolute atomic E-state index is 12.3. The van der Waals surface area contributed by atoms with Crippen molar-refractivity contribution < 1.29 is 4.21 Å². The van der Waals surface area contributed by atoms with E-state index in [9.17, 15) is 4.21 Å². The molecule has 18 heavy (non-hydrogen) atoms. The van der Waals surface area contributed by atoms with E-state index in [4.69, 9.17) is 11.5 Å². The summed E-state index contributed by atoms with van der Waals surface area (Å²) in [7, 11) is -1.36. The largest absolute Gasteiger partial charge is 0.313 e. The first-order valence-electron chi connectivity index (χ1n) is 5.70. The Kier molecular flexibility index (Phi) is 4.25. The summed E-state index contributed by atoms with van der Waals surface area (Å²) < 4.78 is 12.3. The van der Waals surface area contributed by atoms with Gasteiger partial charge >= 0.3 is 0 Å². The van der Waals surface area contributed by atoms with Gasteiger partial charge in [-0.25, -0.2) is 0 Å². The predicted molar refractivity (Wildman–Crippen MR) is 74.9 cm³/mol. The van der Waals surface area contributed by atoms with Crippen molar-refractivity contribution in [2.75, 3.05) is 0 Å². The van der Waals surface area contributed by atoms with Crippen molar-refractivity contribution in [3.63, 3.8) is 0 Å². The first kappa shape index (κ1) is 13.0. The Bertz CT molecular complexity index is 468. The van der Waals surface area contributed by atoms with E-state index in [2.05, 4.69) is 0 Å². The molecule has 0 aliphatic carbocycles. The van der Waals surface area contributed by atoms with E-state index >= 15 is 0 Å². The summed E-state index contributed by atoms with van der Waals surface area (Å²) in [5.74, 6) is 0. The van der Waals surface area contributed by atoms with Gasteiger partial charge < -0.3 is 11.5 Å². The molecule has 0 fully saturated rings. The van der Waals surface area contributed by atoms with Crippen molar-refractivity contribution in [3.8, 4) is 0 Å². The second-order valence-electron chi connectivity index (χ2n) is 3.99. The van der Waals surface area contributed by atoms with Crippen molar-refractivity contribution >= 4 is 10.8 Å². The third-order valence-electron chi connectivity index (χ3n) is 2.76.